The van der Waals surface area contributed by atoms with Crippen molar-refractivity contribution < 1.29 is 19.4 Å². The van der Waals surface area contributed by atoms with E-state index >= 15 is 0 Å². The Bertz CT molecular complexity index is 299. The number of carbonyl (C=O) groups excluding carboxylic acids is 1. The standard InChI is InChI=1S/C10H13NO4/c1-2-5-11-8(12)10(9(13)14)3-6-15-7-4-10/h1H,3-7H2,(H,11,12)(H,13,14). The van der Waals surface area contributed by atoms with Crippen LogP contribution in [0.5, 0.6) is 0 Å². The second-order valence-corrected chi connectivity index (χ2v) is 3.39. The lowest BCUT2D eigenvalue weighted by Gasteiger charge is -2.31. The topological polar surface area (TPSA) is 75.6 Å². The van der Waals surface area contributed by atoms with Gasteiger partial charge in [-0.2, -0.15) is 0 Å². The first-order chi connectivity index (χ1) is 7.13. The summed E-state index contributed by atoms with van der Waals surface area (Å²) in [5.74, 6) is 0.610. The maximum atomic E-state index is 11.7. The molecule has 0 aromatic rings. The van der Waals surface area contributed by atoms with Gasteiger partial charge in [-0.05, 0) is 12.8 Å². The number of rotatable bonds is 3. The summed E-state index contributed by atoms with van der Waals surface area (Å²) in [7, 11) is 0. The summed E-state index contributed by atoms with van der Waals surface area (Å²) in [5.41, 5.74) is -1.37. The zero-order valence-corrected chi connectivity index (χ0v) is 8.28. The van der Waals surface area contributed by atoms with E-state index < -0.39 is 17.3 Å². The molecule has 1 aliphatic rings. The van der Waals surface area contributed by atoms with Gasteiger partial charge in [0.1, 0.15) is 0 Å². The van der Waals surface area contributed by atoms with Crippen LogP contribution in [0.3, 0.4) is 0 Å². The maximum absolute atomic E-state index is 11.7. The van der Waals surface area contributed by atoms with Gasteiger partial charge in [-0.15, -0.1) is 6.42 Å². The molecule has 1 saturated heterocycles. The summed E-state index contributed by atoms with van der Waals surface area (Å²) >= 11 is 0. The smallest absolute Gasteiger partial charge is 0.319 e. The van der Waals surface area contributed by atoms with Gasteiger partial charge in [-0.25, -0.2) is 0 Å². The molecule has 0 atom stereocenters. The van der Waals surface area contributed by atoms with Crippen LogP contribution in [0.25, 0.3) is 0 Å². The molecule has 0 radical (unpaired) electrons. The molecule has 0 aromatic heterocycles. The molecular weight excluding hydrogens is 198 g/mol. The van der Waals surface area contributed by atoms with E-state index in [1.165, 1.54) is 0 Å². The monoisotopic (exact) mass is 211 g/mol. The van der Waals surface area contributed by atoms with E-state index in [1.807, 2.05) is 0 Å². The van der Waals surface area contributed by atoms with Gasteiger partial charge in [0, 0.05) is 13.2 Å². The third kappa shape index (κ3) is 2.28. The minimum atomic E-state index is -1.37. The summed E-state index contributed by atoms with van der Waals surface area (Å²) in [4.78, 5) is 22.8. The number of amides is 1. The van der Waals surface area contributed by atoms with Crippen molar-refractivity contribution in [1.29, 1.82) is 0 Å². The van der Waals surface area contributed by atoms with E-state index in [0.29, 0.717) is 0 Å². The van der Waals surface area contributed by atoms with Crippen molar-refractivity contribution in [2.45, 2.75) is 12.8 Å². The van der Waals surface area contributed by atoms with Gasteiger partial charge in [-0.1, -0.05) is 5.92 Å². The maximum Gasteiger partial charge on any atom is 0.319 e. The van der Waals surface area contributed by atoms with Crippen molar-refractivity contribution in [2.75, 3.05) is 19.8 Å². The predicted octanol–water partition coefficient (Wildman–Crippen LogP) is -0.383. The minimum Gasteiger partial charge on any atom is -0.480 e. The predicted molar refractivity (Wildman–Crippen MR) is 52.0 cm³/mol. The first kappa shape index (κ1) is 11.5. The SMILES string of the molecule is C#CCNC(=O)C1(C(=O)O)CCOCC1. The van der Waals surface area contributed by atoms with E-state index in [-0.39, 0.29) is 32.6 Å². The van der Waals surface area contributed by atoms with Crippen LogP contribution < -0.4 is 5.32 Å². The number of hydrogen-bond donors (Lipinski definition) is 2. The van der Waals surface area contributed by atoms with Gasteiger partial charge >= 0.3 is 5.97 Å². The Morgan fingerprint density at radius 3 is 2.53 bits per heavy atom. The zero-order chi connectivity index (χ0) is 11.3. The zero-order valence-electron chi connectivity index (χ0n) is 8.28. The van der Waals surface area contributed by atoms with E-state index in [4.69, 9.17) is 16.3 Å². The van der Waals surface area contributed by atoms with Crippen molar-refractivity contribution in [3.05, 3.63) is 0 Å². The number of carbonyl (C=O) groups is 2. The molecule has 0 unspecified atom stereocenters. The molecule has 1 aliphatic heterocycles. The lowest BCUT2D eigenvalue weighted by atomic mass is 9.79. The van der Waals surface area contributed by atoms with Crippen molar-refractivity contribution >= 4 is 11.9 Å². The van der Waals surface area contributed by atoms with Crippen LogP contribution >= 0.6 is 0 Å². The van der Waals surface area contributed by atoms with Crippen molar-refractivity contribution in [3.63, 3.8) is 0 Å². The molecule has 1 rings (SSSR count). The Hall–Kier alpha value is -1.54. The molecule has 1 fully saturated rings. The molecule has 82 valence electrons. The Morgan fingerprint density at radius 2 is 2.07 bits per heavy atom. The lowest BCUT2D eigenvalue weighted by molar-refractivity contribution is -0.162. The van der Waals surface area contributed by atoms with Gasteiger partial charge in [0.2, 0.25) is 5.91 Å². The molecule has 0 spiro atoms. The van der Waals surface area contributed by atoms with E-state index in [9.17, 15) is 9.59 Å². The quantitative estimate of drug-likeness (QED) is 0.492. The molecule has 0 bridgehead atoms. The van der Waals surface area contributed by atoms with Gasteiger partial charge < -0.3 is 15.2 Å². The highest BCUT2D eigenvalue weighted by atomic mass is 16.5. The molecule has 1 heterocycles. The van der Waals surface area contributed by atoms with Gasteiger partial charge in [0.05, 0.1) is 6.54 Å². The fourth-order valence-electron chi connectivity index (χ4n) is 1.56. The van der Waals surface area contributed by atoms with E-state index in [0.717, 1.165) is 0 Å². The summed E-state index contributed by atoms with van der Waals surface area (Å²) in [5, 5.41) is 11.5. The van der Waals surface area contributed by atoms with Crippen LogP contribution in [0.15, 0.2) is 0 Å². The fraction of sp³-hybridized carbons (Fsp3) is 0.600. The highest BCUT2D eigenvalue weighted by molar-refractivity contribution is 6.02. The van der Waals surface area contributed by atoms with Crippen LogP contribution in [0.2, 0.25) is 0 Å². The number of aliphatic carboxylic acids is 1. The summed E-state index contributed by atoms with van der Waals surface area (Å²) in [6.45, 7) is 0.625. The number of ether oxygens (including phenoxy) is 1. The average Bonchev–Trinajstić information content (AvgIpc) is 2.26. The van der Waals surface area contributed by atoms with Crippen LogP contribution in [-0.2, 0) is 14.3 Å². The highest BCUT2D eigenvalue weighted by Gasteiger charge is 2.47. The summed E-state index contributed by atoms with van der Waals surface area (Å²) in [6.07, 6.45) is 5.38. The molecule has 15 heavy (non-hydrogen) atoms. The first-order valence-electron chi connectivity index (χ1n) is 4.66. The van der Waals surface area contributed by atoms with Gasteiger partial charge in [-0.3, -0.25) is 9.59 Å². The van der Waals surface area contributed by atoms with Crippen molar-refractivity contribution in [2.24, 2.45) is 5.41 Å². The molecule has 1 amide bonds. The van der Waals surface area contributed by atoms with Crippen LogP contribution in [0.1, 0.15) is 12.8 Å². The molecule has 0 aromatic carbocycles. The number of hydrogen-bond acceptors (Lipinski definition) is 3. The largest absolute Gasteiger partial charge is 0.480 e. The Balaban J connectivity index is 2.76. The molecular formula is C10H13NO4. The lowest BCUT2D eigenvalue weighted by Crippen LogP contribution is -2.49. The fourth-order valence-corrected chi connectivity index (χ4v) is 1.56. The Morgan fingerprint density at radius 1 is 1.47 bits per heavy atom. The van der Waals surface area contributed by atoms with E-state index in [2.05, 4.69) is 11.2 Å². The highest BCUT2D eigenvalue weighted by Crippen LogP contribution is 2.30. The van der Waals surface area contributed by atoms with Gasteiger partial charge in [0.15, 0.2) is 5.41 Å². The van der Waals surface area contributed by atoms with Crippen molar-refractivity contribution in [1.82, 2.24) is 5.32 Å². The summed E-state index contributed by atoms with van der Waals surface area (Å²) in [6, 6.07) is 0. The molecule has 2 N–H and O–H groups in total. The Labute approximate surface area is 87.8 Å². The molecule has 0 saturated carbocycles. The van der Waals surface area contributed by atoms with Crippen LogP contribution in [0.4, 0.5) is 0 Å². The van der Waals surface area contributed by atoms with Gasteiger partial charge in [0.25, 0.3) is 0 Å². The Kier molecular flexibility index (Phi) is 3.69. The number of terminal acetylenes is 1. The van der Waals surface area contributed by atoms with E-state index in [1.54, 1.807) is 0 Å². The third-order valence-corrected chi connectivity index (χ3v) is 2.54. The first-order valence-corrected chi connectivity index (χ1v) is 4.66. The number of carboxylic acids is 1. The molecule has 5 heteroatoms. The number of nitrogens with one attached hydrogen (secondary N) is 1. The minimum absolute atomic E-state index is 0.0503. The normalized spacial score (nSPS) is 18.9. The van der Waals surface area contributed by atoms with Crippen LogP contribution in [-0.4, -0.2) is 36.7 Å². The second-order valence-electron chi connectivity index (χ2n) is 3.39. The summed E-state index contributed by atoms with van der Waals surface area (Å²) < 4.78 is 5.05. The van der Waals surface area contributed by atoms with Crippen LogP contribution in [0, 0.1) is 17.8 Å². The number of carboxylic acid groups (broad SMARTS) is 1. The second kappa shape index (κ2) is 4.80. The molecule has 5 nitrogen and oxygen atoms in total. The third-order valence-electron chi connectivity index (χ3n) is 2.54. The average molecular weight is 211 g/mol. The van der Waals surface area contributed by atoms with Crippen molar-refractivity contribution in [3.8, 4) is 12.3 Å². The molecule has 0 aliphatic carbocycles.